The molecule has 0 aliphatic heterocycles. The van der Waals surface area contributed by atoms with Crippen LogP contribution < -0.4 is 9.47 Å². The number of methoxy groups -OCH3 is 2. The Kier molecular flexibility index (Phi) is 4.73. The number of nitrogens with zero attached hydrogens (tertiary/aromatic N) is 1. The molecule has 0 fully saturated rings. The number of para-hydroxylation sites is 1. The maximum atomic E-state index is 12.3. The van der Waals surface area contributed by atoms with Gasteiger partial charge in [0.15, 0.2) is 17.3 Å². The van der Waals surface area contributed by atoms with Gasteiger partial charge in [0.2, 0.25) is 0 Å². The van der Waals surface area contributed by atoms with E-state index in [0.717, 1.165) is 0 Å². The van der Waals surface area contributed by atoms with Gasteiger partial charge in [0.05, 0.1) is 25.9 Å². The fraction of sp³-hybridized carbons (Fsp3) is 0.429. The average molecular weight is 247 g/mol. The second-order valence-corrected chi connectivity index (χ2v) is 4.26. The van der Waals surface area contributed by atoms with Crippen molar-refractivity contribution in [1.29, 1.82) is 5.26 Å². The first-order chi connectivity index (χ1) is 8.56. The molecule has 1 atom stereocenters. The molecule has 1 rings (SSSR count). The van der Waals surface area contributed by atoms with Crippen LogP contribution in [-0.4, -0.2) is 20.0 Å². The Morgan fingerprint density at radius 1 is 1.28 bits per heavy atom. The number of Topliss-reactive ketones (excluding diaryl/α,β-unsaturated/α-hetero) is 1. The summed E-state index contributed by atoms with van der Waals surface area (Å²) in [5.41, 5.74) is 0.386. The van der Waals surface area contributed by atoms with Crippen molar-refractivity contribution in [3.8, 4) is 17.6 Å². The lowest BCUT2D eigenvalue weighted by molar-refractivity contribution is 0.0920. The van der Waals surface area contributed by atoms with Gasteiger partial charge in [-0.25, -0.2) is 0 Å². The summed E-state index contributed by atoms with van der Waals surface area (Å²) in [5, 5.41) is 9.08. The summed E-state index contributed by atoms with van der Waals surface area (Å²) in [4.78, 5) is 12.3. The van der Waals surface area contributed by atoms with E-state index in [9.17, 15) is 4.79 Å². The summed E-state index contributed by atoms with van der Waals surface area (Å²) < 4.78 is 10.3. The number of nitriles is 1. The van der Waals surface area contributed by atoms with Crippen molar-refractivity contribution < 1.29 is 14.3 Å². The zero-order valence-corrected chi connectivity index (χ0v) is 11.1. The van der Waals surface area contributed by atoms with E-state index >= 15 is 0 Å². The van der Waals surface area contributed by atoms with Crippen molar-refractivity contribution in [2.24, 2.45) is 11.8 Å². The van der Waals surface area contributed by atoms with E-state index in [0.29, 0.717) is 17.1 Å². The molecule has 0 N–H and O–H groups in total. The molecule has 1 aromatic carbocycles. The summed E-state index contributed by atoms with van der Waals surface area (Å²) in [5.74, 6) is -0.0811. The van der Waals surface area contributed by atoms with Crippen LogP contribution >= 0.6 is 0 Å². The molecule has 0 aliphatic rings. The summed E-state index contributed by atoms with van der Waals surface area (Å²) in [6.07, 6.45) is 0. The molecule has 1 unspecified atom stereocenters. The highest BCUT2D eigenvalue weighted by atomic mass is 16.5. The van der Waals surface area contributed by atoms with E-state index in [4.69, 9.17) is 14.7 Å². The zero-order chi connectivity index (χ0) is 13.7. The van der Waals surface area contributed by atoms with Crippen molar-refractivity contribution in [3.05, 3.63) is 23.8 Å². The molecule has 0 amide bonds. The lowest BCUT2D eigenvalue weighted by Crippen LogP contribution is -2.19. The Bertz CT molecular complexity index is 474. The number of carbonyl (C=O) groups is 1. The van der Waals surface area contributed by atoms with Crippen molar-refractivity contribution in [2.75, 3.05) is 14.2 Å². The van der Waals surface area contributed by atoms with E-state index in [-0.39, 0.29) is 11.7 Å². The normalized spacial score (nSPS) is 11.8. The van der Waals surface area contributed by atoms with Crippen molar-refractivity contribution in [2.45, 2.75) is 13.8 Å². The summed E-state index contributed by atoms with van der Waals surface area (Å²) in [6, 6.07) is 7.12. The van der Waals surface area contributed by atoms with Crippen LogP contribution in [0.15, 0.2) is 18.2 Å². The maximum absolute atomic E-state index is 12.3. The van der Waals surface area contributed by atoms with Gasteiger partial charge in [-0.1, -0.05) is 19.9 Å². The molecule has 0 aliphatic carbocycles. The van der Waals surface area contributed by atoms with E-state index in [1.54, 1.807) is 18.2 Å². The van der Waals surface area contributed by atoms with Gasteiger partial charge in [-0.05, 0) is 18.1 Å². The van der Waals surface area contributed by atoms with E-state index in [1.165, 1.54) is 14.2 Å². The number of ether oxygens (including phenoxy) is 2. The van der Waals surface area contributed by atoms with Crippen LogP contribution in [-0.2, 0) is 0 Å². The summed E-state index contributed by atoms with van der Waals surface area (Å²) >= 11 is 0. The van der Waals surface area contributed by atoms with Crippen molar-refractivity contribution >= 4 is 5.78 Å². The minimum absolute atomic E-state index is 0.0431. The van der Waals surface area contributed by atoms with Crippen LogP contribution in [0.1, 0.15) is 24.2 Å². The standard InChI is InChI=1S/C14H17NO3/c1-9(2)11(8-15)13(16)10-6-5-7-12(17-3)14(10)18-4/h5-7,9,11H,1-4H3. The summed E-state index contributed by atoms with van der Waals surface area (Å²) in [6.45, 7) is 3.69. The molecular weight excluding hydrogens is 230 g/mol. The van der Waals surface area contributed by atoms with E-state index in [2.05, 4.69) is 0 Å². The largest absolute Gasteiger partial charge is 0.493 e. The Hall–Kier alpha value is -2.02. The summed E-state index contributed by atoms with van der Waals surface area (Å²) in [7, 11) is 2.99. The highest BCUT2D eigenvalue weighted by Gasteiger charge is 2.26. The van der Waals surface area contributed by atoms with E-state index < -0.39 is 5.92 Å². The molecule has 0 aromatic heterocycles. The highest BCUT2D eigenvalue weighted by molar-refractivity contribution is 6.02. The minimum Gasteiger partial charge on any atom is -0.493 e. The Morgan fingerprint density at radius 3 is 2.39 bits per heavy atom. The third-order valence-electron chi connectivity index (χ3n) is 2.76. The SMILES string of the molecule is COc1cccc(C(=O)C(C#N)C(C)C)c1OC. The van der Waals surface area contributed by atoms with Gasteiger partial charge in [0.1, 0.15) is 5.92 Å². The van der Waals surface area contributed by atoms with Crippen LogP contribution in [0.25, 0.3) is 0 Å². The molecule has 0 heterocycles. The predicted octanol–water partition coefficient (Wildman–Crippen LogP) is 2.68. The highest BCUT2D eigenvalue weighted by Crippen LogP contribution is 2.33. The number of hydrogen-bond donors (Lipinski definition) is 0. The van der Waals surface area contributed by atoms with E-state index in [1.807, 2.05) is 19.9 Å². The number of ketones is 1. The molecular formula is C14H17NO3. The molecule has 0 saturated heterocycles. The first-order valence-corrected chi connectivity index (χ1v) is 5.71. The fourth-order valence-electron chi connectivity index (χ4n) is 1.76. The first-order valence-electron chi connectivity index (χ1n) is 5.71. The van der Waals surface area contributed by atoms with Crippen LogP contribution in [0.4, 0.5) is 0 Å². The molecule has 0 bridgehead atoms. The number of carbonyl (C=O) groups excluding carboxylic acids is 1. The predicted molar refractivity (Wildman–Crippen MR) is 67.8 cm³/mol. The van der Waals surface area contributed by atoms with Crippen LogP contribution in [0, 0.1) is 23.2 Å². The smallest absolute Gasteiger partial charge is 0.184 e. The van der Waals surface area contributed by atoms with Crippen molar-refractivity contribution in [1.82, 2.24) is 0 Å². The average Bonchev–Trinajstić information content (AvgIpc) is 2.37. The molecule has 0 radical (unpaired) electrons. The van der Waals surface area contributed by atoms with Gasteiger partial charge in [0.25, 0.3) is 0 Å². The Morgan fingerprint density at radius 2 is 1.94 bits per heavy atom. The second-order valence-electron chi connectivity index (χ2n) is 4.26. The van der Waals surface area contributed by atoms with Crippen LogP contribution in [0.3, 0.4) is 0 Å². The Labute approximate surface area is 107 Å². The third kappa shape index (κ3) is 2.62. The topological polar surface area (TPSA) is 59.3 Å². The fourth-order valence-corrected chi connectivity index (χ4v) is 1.76. The Balaban J connectivity index is 3.25. The quantitative estimate of drug-likeness (QED) is 0.750. The number of hydrogen-bond acceptors (Lipinski definition) is 4. The minimum atomic E-state index is -0.675. The maximum Gasteiger partial charge on any atom is 0.184 e. The third-order valence-corrected chi connectivity index (χ3v) is 2.76. The molecule has 18 heavy (non-hydrogen) atoms. The lowest BCUT2D eigenvalue weighted by Gasteiger charge is -2.15. The number of benzene rings is 1. The molecule has 96 valence electrons. The van der Waals surface area contributed by atoms with Gasteiger partial charge in [-0.3, -0.25) is 4.79 Å². The first kappa shape index (κ1) is 14.0. The van der Waals surface area contributed by atoms with Crippen LogP contribution in [0.2, 0.25) is 0 Å². The van der Waals surface area contributed by atoms with Gasteiger partial charge < -0.3 is 9.47 Å². The monoisotopic (exact) mass is 247 g/mol. The molecule has 4 nitrogen and oxygen atoms in total. The molecule has 0 spiro atoms. The van der Waals surface area contributed by atoms with Crippen LogP contribution in [0.5, 0.6) is 11.5 Å². The lowest BCUT2D eigenvalue weighted by atomic mass is 9.89. The second kappa shape index (κ2) is 6.06. The van der Waals surface area contributed by atoms with Crippen molar-refractivity contribution in [3.63, 3.8) is 0 Å². The number of rotatable bonds is 5. The van der Waals surface area contributed by atoms with Gasteiger partial charge in [0, 0.05) is 0 Å². The zero-order valence-electron chi connectivity index (χ0n) is 11.1. The molecule has 0 saturated carbocycles. The molecule has 1 aromatic rings. The molecule has 4 heteroatoms. The van der Waals surface area contributed by atoms with Gasteiger partial charge in [-0.2, -0.15) is 5.26 Å². The van der Waals surface area contributed by atoms with Gasteiger partial charge in [-0.15, -0.1) is 0 Å². The van der Waals surface area contributed by atoms with Gasteiger partial charge >= 0.3 is 0 Å².